The van der Waals surface area contributed by atoms with Crippen molar-refractivity contribution in [3.63, 3.8) is 0 Å². The molecule has 0 nitrogen and oxygen atoms in total. The third kappa shape index (κ3) is 3.36. The monoisotopic (exact) mass is 363 g/mol. The van der Waals surface area contributed by atoms with Gasteiger partial charge in [-0.2, -0.15) is 0 Å². The van der Waals surface area contributed by atoms with Crippen molar-refractivity contribution >= 4 is 12.6 Å². The van der Waals surface area contributed by atoms with E-state index in [4.69, 9.17) is 0 Å². The molecule has 0 aliphatic heterocycles. The summed E-state index contributed by atoms with van der Waals surface area (Å²) in [4.78, 5) is 1.04. The molecule has 1 aromatic rings. The summed E-state index contributed by atoms with van der Waals surface area (Å²) in [5, 5.41) is 0. The van der Waals surface area contributed by atoms with Gasteiger partial charge in [0.05, 0.1) is 0 Å². The fourth-order valence-corrected chi connectivity index (χ4v) is 1.19. The zero-order chi connectivity index (χ0) is 8.27. The van der Waals surface area contributed by atoms with Crippen LogP contribution in [0.25, 0.3) is 0 Å². The van der Waals surface area contributed by atoms with Crippen LogP contribution in [0.1, 0.15) is 31.7 Å². The summed E-state index contributed by atoms with van der Waals surface area (Å²) in [6.45, 7) is 4.45. The number of thiol groups is 1. The molecule has 0 bridgehead atoms. The second-order valence-corrected chi connectivity index (χ2v) is 3.42. The smallest absolute Gasteiger partial charge is 0.00401 e. The van der Waals surface area contributed by atoms with Gasteiger partial charge in [-0.15, -0.1) is 12.6 Å². The number of hydrogen-bond donors (Lipinski definition) is 1. The molecule has 1 aromatic carbocycles. The van der Waals surface area contributed by atoms with E-state index in [0.717, 1.165) is 4.90 Å². The van der Waals surface area contributed by atoms with Gasteiger partial charge < -0.3 is 0 Å². The Labute approximate surface area is 95.7 Å². The minimum Gasteiger partial charge on any atom is -0.143 e. The molecule has 0 saturated heterocycles. The molecule has 0 N–H and O–H groups in total. The Hall–Kier alpha value is 0.310. The second-order valence-electron chi connectivity index (χ2n) is 2.90. The maximum Gasteiger partial charge on any atom is 0.00401 e. The molecule has 1 atom stereocenters. The van der Waals surface area contributed by atoms with Gasteiger partial charge in [-0.05, 0) is 30.0 Å². The Morgan fingerprint density at radius 3 is 2.17 bits per heavy atom. The number of hydrogen-bond acceptors (Lipinski definition) is 1. The fraction of sp³-hybridized carbons (Fsp3) is 0.400. The molecule has 1 radical (unpaired) electrons. The summed E-state index contributed by atoms with van der Waals surface area (Å²) in [6.07, 6.45) is 1.20. The summed E-state index contributed by atoms with van der Waals surface area (Å²) < 4.78 is 0. The molecule has 0 aliphatic rings. The summed E-state index contributed by atoms with van der Waals surface area (Å²) in [5.41, 5.74) is 1.41. The van der Waals surface area contributed by atoms with E-state index in [1.807, 2.05) is 12.1 Å². The molecular formula is C10H14AuS. The van der Waals surface area contributed by atoms with Crippen LogP contribution >= 0.6 is 12.6 Å². The minimum atomic E-state index is 0. The van der Waals surface area contributed by atoms with Gasteiger partial charge in [-0.3, -0.25) is 0 Å². The average molecular weight is 363 g/mol. The van der Waals surface area contributed by atoms with E-state index < -0.39 is 0 Å². The Morgan fingerprint density at radius 2 is 1.75 bits per heavy atom. The van der Waals surface area contributed by atoms with Crippen molar-refractivity contribution in [3.05, 3.63) is 29.8 Å². The molecule has 2 heteroatoms. The summed E-state index contributed by atoms with van der Waals surface area (Å²) in [5.74, 6) is 0.670. The van der Waals surface area contributed by atoms with Crippen molar-refractivity contribution in [2.45, 2.75) is 31.1 Å². The quantitative estimate of drug-likeness (QED) is 0.604. The second kappa shape index (κ2) is 5.87. The van der Waals surface area contributed by atoms with E-state index in [-0.39, 0.29) is 22.4 Å². The van der Waals surface area contributed by atoms with E-state index in [1.165, 1.54) is 12.0 Å². The molecule has 0 saturated carbocycles. The summed E-state index contributed by atoms with van der Waals surface area (Å²) >= 11 is 4.23. The zero-order valence-corrected chi connectivity index (χ0v) is 10.4. The molecular weight excluding hydrogens is 349 g/mol. The predicted molar refractivity (Wildman–Crippen MR) is 52.4 cm³/mol. The average Bonchev–Trinajstić information content (AvgIpc) is 2.05. The molecule has 0 fully saturated rings. The van der Waals surface area contributed by atoms with E-state index in [0.29, 0.717) is 5.92 Å². The van der Waals surface area contributed by atoms with Crippen molar-refractivity contribution in [3.8, 4) is 0 Å². The Balaban J connectivity index is 0.00000121. The van der Waals surface area contributed by atoms with Crippen LogP contribution in [0.2, 0.25) is 0 Å². The predicted octanol–water partition coefficient (Wildman–Crippen LogP) is 3.49. The van der Waals surface area contributed by atoms with Crippen molar-refractivity contribution in [1.29, 1.82) is 0 Å². The zero-order valence-electron chi connectivity index (χ0n) is 7.34. The van der Waals surface area contributed by atoms with Gasteiger partial charge in [0.15, 0.2) is 0 Å². The van der Waals surface area contributed by atoms with Gasteiger partial charge in [-0.25, -0.2) is 0 Å². The molecule has 0 amide bonds. The summed E-state index contributed by atoms with van der Waals surface area (Å²) in [6, 6.07) is 8.39. The van der Waals surface area contributed by atoms with Crippen LogP contribution < -0.4 is 0 Å². The first-order valence-electron chi connectivity index (χ1n) is 4.03. The van der Waals surface area contributed by atoms with Gasteiger partial charge in [-0.1, -0.05) is 26.0 Å². The van der Waals surface area contributed by atoms with Crippen LogP contribution in [-0.4, -0.2) is 0 Å². The maximum atomic E-state index is 4.23. The molecule has 0 aromatic heterocycles. The van der Waals surface area contributed by atoms with Crippen LogP contribution in [0.5, 0.6) is 0 Å². The van der Waals surface area contributed by atoms with Crippen LogP contribution in [0, 0.1) is 0 Å². The molecule has 1 unspecified atom stereocenters. The van der Waals surface area contributed by atoms with Crippen LogP contribution in [0.15, 0.2) is 29.2 Å². The third-order valence-electron chi connectivity index (χ3n) is 2.07. The van der Waals surface area contributed by atoms with Gasteiger partial charge >= 0.3 is 0 Å². The molecule has 0 heterocycles. The van der Waals surface area contributed by atoms with E-state index in [2.05, 4.69) is 38.6 Å². The first kappa shape index (κ1) is 12.3. The van der Waals surface area contributed by atoms with Gasteiger partial charge in [0.2, 0.25) is 0 Å². The van der Waals surface area contributed by atoms with Crippen LogP contribution in [0.3, 0.4) is 0 Å². The molecule has 71 valence electrons. The van der Waals surface area contributed by atoms with Crippen molar-refractivity contribution in [1.82, 2.24) is 0 Å². The fourth-order valence-electron chi connectivity index (χ4n) is 1.04. The van der Waals surface area contributed by atoms with Gasteiger partial charge in [0.25, 0.3) is 0 Å². The number of rotatable bonds is 2. The van der Waals surface area contributed by atoms with E-state index in [1.54, 1.807) is 0 Å². The van der Waals surface area contributed by atoms with Gasteiger partial charge in [0.1, 0.15) is 0 Å². The van der Waals surface area contributed by atoms with Crippen LogP contribution in [-0.2, 0) is 22.4 Å². The Morgan fingerprint density at radius 1 is 1.25 bits per heavy atom. The standard InChI is InChI=1S/C10H14S.Au/c1-3-8(2)9-4-6-10(11)7-5-9;/h4-8,11H,3H2,1-2H3;. The van der Waals surface area contributed by atoms with Crippen molar-refractivity contribution in [2.75, 3.05) is 0 Å². The van der Waals surface area contributed by atoms with Crippen molar-refractivity contribution < 1.29 is 22.4 Å². The molecule has 0 aliphatic carbocycles. The Bertz CT molecular complexity index is 218. The maximum absolute atomic E-state index is 4.23. The third-order valence-corrected chi connectivity index (χ3v) is 2.37. The topological polar surface area (TPSA) is 0 Å². The molecule has 12 heavy (non-hydrogen) atoms. The van der Waals surface area contributed by atoms with Gasteiger partial charge in [0, 0.05) is 27.3 Å². The SMILES string of the molecule is CCC(C)c1ccc(S)cc1.[Au]. The first-order valence-corrected chi connectivity index (χ1v) is 4.47. The van der Waals surface area contributed by atoms with E-state index in [9.17, 15) is 0 Å². The largest absolute Gasteiger partial charge is 0.143 e. The van der Waals surface area contributed by atoms with E-state index >= 15 is 0 Å². The minimum absolute atomic E-state index is 0. The summed E-state index contributed by atoms with van der Waals surface area (Å²) in [7, 11) is 0. The molecule has 0 spiro atoms. The van der Waals surface area contributed by atoms with Crippen LogP contribution in [0.4, 0.5) is 0 Å². The Kier molecular flexibility index (Phi) is 6.02. The molecule has 1 rings (SSSR count). The normalized spacial score (nSPS) is 11.9. The number of benzene rings is 1. The first-order chi connectivity index (χ1) is 5.24. The van der Waals surface area contributed by atoms with Crippen molar-refractivity contribution in [2.24, 2.45) is 0 Å².